The third-order valence-electron chi connectivity index (χ3n) is 4.75. The van der Waals surface area contributed by atoms with E-state index < -0.39 is 0 Å². The highest BCUT2D eigenvalue weighted by Crippen LogP contribution is 2.28. The van der Waals surface area contributed by atoms with Crippen molar-refractivity contribution in [1.82, 2.24) is 14.8 Å². The first-order valence-electron chi connectivity index (χ1n) is 9.81. The van der Waals surface area contributed by atoms with Crippen molar-refractivity contribution in [3.05, 3.63) is 70.5 Å². The maximum absolute atomic E-state index is 6.16. The molecule has 2 aromatic carbocycles. The van der Waals surface area contributed by atoms with Crippen molar-refractivity contribution in [3.63, 3.8) is 0 Å². The SMILES string of the molecule is CCn1c(COc2cc(C)ccc2C(C)C)nnc1SCc1ccc(C)cc1. The van der Waals surface area contributed by atoms with Gasteiger partial charge in [-0.3, -0.25) is 0 Å². The Kier molecular flexibility index (Phi) is 6.79. The van der Waals surface area contributed by atoms with Gasteiger partial charge in [0.1, 0.15) is 12.4 Å². The normalized spacial score (nSPS) is 11.2. The Morgan fingerprint density at radius 1 is 1.00 bits per heavy atom. The Morgan fingerprint density at radius 3 is 2.39 bits per heavy atom. The van der Waals surface area contributed by atoms with Gasteiger partial charge >= 0.3 is 0 Å². The molecule has 0 spiro atoms. The molecule has 0 bridgehead atoms. The zero-order valence-corrected chi connectivity index (χ0v) is 18.2. The Labute approximate surface area is 172 Å². The highest BCUT2D eigenvalue weighted by atomic mass is 32.2. The molecule has 0 amide bonds. The van der Waals surface area contributed by atoms with Gasteiger partial charge in [-0.2, -0.15) is 0 Å². The van der Waals surface area contributed by atoms with E-state index in [9.17, 15) is 0 Å². The molecule has 28 heavy (non-hydrogen) atoms. The number of nitrogens with zero attached hydrogens (tertiary/aromatic N) is 3. The minimum atomic E-state index is 0.417. The van der Waals surface area contributed by atoms with Crippen LogP contribution in [0.25, 0.3) is 0 Å². The van der Waals surface area contributed by atoms with Gasteiger partial charge in [0.05, 0.1) is 0 Å². The van der Waals surface area contributed by atoms with Crippen molar-refractivity contribution in [2.24, 2.45) is 0 Å². The average Bonchev–Trinajstić information content (AvgIpc) is 3.07. The van der Waals surface area contributed by atoms with E-state index in [1.807, 2.05) is 0 Å². The maximum Gasteiger partial charge on any atom is 0.191 e. The number of rotatable bonds is 8. The first kappa shape index (κ1) is 20.5. The summed E-state index contributed by atoms with van der Waals surface area (Å²) in [4.78, 5) is 0. The highest BCUT2D eigenvalue weighted by Gasteiger charge is 2.14. The molecule has 0 saturated heterocycles. The van der Waals surface area contributed by atoms with Gasteiger partial charge in [0.15, 0.2) is 11.0 Å². The van der Waals surface area contributed by atoms with Gasteiger partial charge in [0.2, 0.25) is 0 Å². The van der Waals surface area contributed by atoms with Crippen LogP contribution in [0.3, 0.4) is 0 Å². The molecular weight excluding hydrogens is 366 g/mol. The molecule has 148 valence electrons. The number of hydrogen-bond donors (Lipinski definition) is 0. The van der Waals surface area contributed by atoms with Crippen molar-refractivity contribution in [2.75, 3.05) is 0 Å². The van der Waals surface area contributed by atoms with Gasteiger partial charge in [0, 0.05) is 12.3 Å². The quantitative estimate of drug-likeness (QED) is 0.445. The summed E-state index contributed by atoms with van der Waals surface area (Å²) < 4.78 is 8.31. The smallest absolute Gasteiger partial charge is 0.191 e. The lowest BCUT2D eigenvalue weighted by Gasteiger charge is -2.15. The van der Waals surface area contributed by atoms with Gasteiger partial charge in [0.25, 0.3) is 0 Å². The number of ether oxygens (including phenoxy) is 1. The van der Waals surface area contributed by atoms with E-state index in [-0.39, 0.29) is 0 Å². The zero-order chi connectivity index (χ0) is 20.1. The van der Waals surface area contributed by atoms with Crippen LogP contribution in [0.15, 0.2) is 47.6 Å². The summed E-state index contributed by atoms with van der Waals surface area (Å²) in [5.41, 5.74) is 5.00. The third-order valence-corrected chi connectivity index (χ3v) is 5.78. The van der Waals surface area contributed by atoms with Crippen LogP contribution in [0.2, 0.25) is 0 Å². The summed E-state index contributed by atoms with van der Waals surface area (Å²) in [6.45, 7) is 11.9. The molecular formula is C23H29N3OS. The molecule has 5 heteroatoms. The lowest BCUT2D eigenvalue weighted by atomic mass is 10.0. The van der Waals surface area contributed by atoms with Crippen LogP contribution in [-0.2, 0) is 18.9 Å². The molecule has 0 N–H and O–H groups in total. The molecule has 0 fully saturated rings. The monoisotopic (exact) mass is 395 g/mol. The number of aryl methyl sites for hydroxylation is 2. The molecule has 0 unspecified atom stereocenters. The molecule has 0 aliphatic heterocycles. The van der Waals surface area contributed by atoms with Crippen molar-refractivity contribution >= 4 is 11.8 Å². The first-order chi connectivity index (χ1) is 13.5. The van der Waals surface area contributed by atoms with E-state index >= 15 is 0 Å². The molecule has 4 nitrogen and oxygen atoms in total. The fourth-order valence-corrected chi connectivity index (χ4v) is 4.05. The van der Waals surface area contributed by atoms with Crippen LogP contribution in [-0.4, -0.2) is 14.8 Å². The summed E-state index contributed by atoms with van der Waals surface area (Å²) in [6.07, 6.45) is 0. The number of hydrogen-bond acceptors (Lipinski definition) is 4. The molecule has 3 aromatic rings. The molecule has 0 aliphatic rings. The van der Waals surface area contributed by atoms with Crippen LogP contribution >= 0.6 is 11.8 Å². The molecule has 0 saturated carbocycles. The maximum atomic E-state index is 6.16. The summed E-state index contributed by atoms with van der Waals surface area (Å²) in [5.74, 6) is 3.11. The molecule has 3 rings (SSSR count). The summed E-state index contributed by atoms with van der Waals surface area (Å²) in [6, 6.07) is 15.0. The van der Waals surface area contributed by atoms with Gasteiger partial charge in [-0.1, -0.05) is 67.6 Å². The average molecular weight is 396 g/mol. The van der Waals surface area contributed by atoms with Gasteiger partial charge < -0.3 is 9.30 Å². The summed E-state index contributed by atoms with van der Waals surface area (Å²) >= 11 is 1.72. The standard InChI is InChI=1S/C23H29N3OS/c1-6-26-22(14-27-21-13-18(5)9-12-20(21)16(2)3)24-25-23(26)28-15-19-10-7-17(4)8-11-19/h7-13,16H,6,14-15H2,1-5H3. The predicted molar refractivity (Wildman–Crippen MR) is 116 cm³/mol. The number of aromatic nitrogens is 3. The predicted octanol–water partition coefficient (Wildman–Crippen LogP) is 5.91. The minimum absolute atomic E-state index is 0.417. The minimum Gasteiger partial charge on any atom is -0.485 e. The van der Waals surface area contributed by atoms with Crippen molar-refractivity contribution in [3.8, 4) is 5.75 Å². The fraction of sp³-hybridized carbons (Fsp3) is 0.391. The summed E-state index contributed by atoms with van der Waals surface area (Å²) in [7, 11) is 0. The Bertz CT molecular complexity index is 916. The van der Waals surface area contributed by atoms with E-state index in [4.69, 9.17) is 4.74 Å². The van der Waals surface area contributed by atoms with Gasteiger partial charge in [-0.05, 0) is 49.4 Å². The molecule has 1 heterocycles. The number of thioether (sulfide) groups is 1. The Morgan fingerprint density at radius 2 is 1.71 bits per heavy atom. The van der Waals surface area contributed by atoms with E-state index in [2.05, 4.69) is 91.8 Å². The van der Waals surface area contributed by atoms with Crippen LogP contribution in [0.5, 0.6) is 5.75 Å². The van der Waals surface area contributed by atoms with Crippen LogP contribution in [0, 0.1) is 13.8 Å². The topological polar surface area (TPSA) is 39.9 Å². The molecule has 1 aromatic heterocycles. The van der Waals surface area contributed by atoms with Crippen molar-refractivity contribution in [2.45, 2.75) is 64.6 Å². The van der Waals surface area contributed by atoms with E-state index in [0.717, 1.165) is 29.0 Å². The lowest BCUT2D eigenvalue weighted by molar-refractivity contribution is 0.284. The molecule has 0 aliphatic carbocycles. The Balaban J connectivity index is 1.70. The first-order valence-corrected chi connectivity index (χ1v) is 10.8. The lowest BCUT2D eigenvalue weighted by Crippen LogP contribution is -2.08. The Hall–Kier alpha value is -2.27. The highest BCUT2D eigenvalue weighted by molar-refractivity contribution is 7.98. The van der Waals surface area contributed by atoms with Gasteiger partial charge in [-0.15, -0.1) is 10.2 Å². The second kappa shape index (κ2) is 9.28. The largest absolute Gasteiger partial charge is 0.485 e. The van der Waals surface area contributed by atoms with E-state index in [1.165, 1.54) is 22.3 Å². The molecule has 0 radical (unpaired) electrons. The second-order valence-corrected chi connectivity index (χ2v) is 8.34. The zero-order valence-electron chi connectivity index (χ0n) is 17.4. The van der Waals surface area contributed by atoms with Crippen LogP contribution < -0.4 is 4.74 Å². The van der Waals surface area contributed by atoms with E-state index in [1.54, 1.807) is 11.8 Å². The third kappa shape index (κ3) is 4.96. The van der Waals surface area contributed by atoms with Gasteiger partial charge in [-0.25, -0.2) is 0 Å². The van der Waals surface area contributed by atoms with Crippen LogP contribution in [0.4, 0.5) is 0 Å². The van der Waals surface area contributed by atoms with Crippen molar-refractivity contribution in [1.29, 1.82) is 0 Å². The second-order valence-electron chi connectivity index (χ2n) is 7.40. The van der Waals surface area contributed by atoms with Crippen molar-refractivity contribution < 1.29 is 4.74 Å². The van der Waals surface area contributed by atoms with E-state index in [0.29, 0.717) is 12.5 Å². The number of benzene rings is 2. The summed E-state index contributed by atoms with van der Waals surface area (Å²) in [5, 5.41) is 9.74. The fourth-order valence-electron chi connectivity index (χ4n) is 3.07. The van der Waals surface area contributed by atoms with Crippen LogP contribution in [0.1, 0.15) is 54.8 Å². The molecule has 0 atom stereocenters.